The summed E-state index contributed by atoms with van der Waals surface area (Å²) in [6.45, 7) is 0.369. The fourth-order valence-corrected chi connectivity index (χ4v) is 1.13. The Morgan fingerprint density at radius 2 is 2.33 bits per heavy atom. The van der Waals surface area contributed by atoms with Crippen molar-refractivity contribution in [2.24, 2.45) is 0 Å². The van der Waals surface area contributed by atoms with Gasteiger partial charge in [0.1, 0.15) is 6.54 Å². The molecule has 1 N–H and O–H groups in total. The molecule has 0 aliphatic heterocycles. The van der Waals surface area contributed by atoms with Gasteiger partial charge in [-0.2, -0.15) is 5.10 Å². The second-order valence-electron chi connectivity index (χ2n) is 2.87. The number of carbonyl (C=O) groups is 1. The molecule has 76 valence electrons. The van der Waals surface area contributed by atoms with Gasteiger partial charge in [0.05, 0.1) is 0 Å². The van der Waals surface area contributed by atoms with E-state index in [0.717, 1.165) is 0 Å². The molecule has 0 fully saturated rings. The first kappa shape index (κ1) is 9.32. The van der Waals surface area contributed by atoms with Crippen LogP contribution in [0.1, 0.15) is 16.3 Å². The van der Waals surface area contributed by atoms with Crippen LogP contribution in [0, 0.1) is 0 Å². The first-order valence-electron chi connectivity index (χ1n) is 4.28. The minimum absolute atomic E-state index is 0.00726. The Morgan fingerprint density at radius 3 is 3.00 bits per heavy atom. The fourth-order valence-electron chi connectivity index (χ4n) is 1.13. The molecule has 0 atom stereocenters. The molecule has 2 aromatic heterocycles. The lowest BCUT2D eigenvalue weighted by Crippen LogP contribution is -2.08. The van der Waals surface area contributed by atoms with Crippen LogP contribution in [0.25, 0.3) is 0 Å². The van der Waals surface area contributed by atoms with Crippen LogP contribution in [-0.4, -0.2) is 30.8 Å². The van der Waals surface area contributed by atoms with E-state index >= 15 is 0 Å². The molecule has 0 unspecified atom stereocenters. The third kappa shape index (κ3) is 2.16. The number of nitrogens with zero attached hydrogens (tertiary/aromatic N) is 4. The molecule has 2 aromatic rings. The molecule has 0 saturated heterocycles. The van der Waals surface area contributed by atoms with Crippen molar-refractivity contribution in [3.63, 3.8) is 0 Å². The largest absolute Gasteiger partial charge is 0.477 e. The van der Waals surface area contributed by atoms with E-state index in [1.165, 1.54) is 12.3 Å². The number of carboxylic acids is 1. The molecular weight excluding hydrogens is 196 g/mol. The molecule has 0 aromatic carbocycles. The highest BCUT2D eigenvalue weighted by Crippen LogP contribution is 1.98. The lowest BCUT2D eigenvalue weighted by Gasteiger charge is -2.00. The maximum absolute atomic E-state index is 10.6. The topological polar surface area (TPSA) is 80.9 Å². The minimum atomic E-state index is -1.06. The standard InChI is InChI=1S/C9H8N4O2/c14-9(15)7-2-4-10-8(12-7)6-13-5-1-3-11-13/h1-5H,6H2,(H,14,15). The molecule has 6 heteroatoms. The zero-order valence-corrected chi connectivity index (χ0v) is 7.74. The first-order valence-corrected chi connectivity index (χ1v) is 4.28. The summed E-state index contributed by atoms with van der Waals surface area (Å²) in [6.07, 6.45) is 4.83. The molecule has 0 spiro atoms. The fraction of sp³-hybridized carbons (Fsp3) is 0.111. The molecule has 2 rings (SSSR count). The van der Waals surface area contributed by atoms with Gasteiger partial charge in [0.25, 0.3) is 0 Å². The van der Waals surface area contributed by atoms with Crippen molar-refractivity contribution in [2.45, 2.75) is 6.54 Å². The molecule has 0 saturated carbocycles. The minimum Gasteiger partial charge on any atom is -0.477 e. The predicted molar refractivity (Wildman–Crippen MR) is 50.3 cm³/mol. The van der Waals surface area contributed by atoms with E-state index in [-0.39, 0.29) is 5.69 Å². The summed E-state index contributed by atoms with van der Waals surface area (Å²) in [7, 11) is 0. The van der Waals surface area contributed by atoms with E-state index in [4.69, 9.17) is 5.11 Å². The second kappa shape index (κ2) is 3.87. The highest BCUT2D eigenvalue weighted by Gasteiger charge is 2.06. The Kier molecular flexibility index (Phi) is 2.40. The summed E-state index contributed by atoms with van der Waals surface area (Å²) >= 11 is 0. The molecule has 2 heterocycles. The zero-order chi connectivity index (χ0) is 10.7. The average molecular weight is 204 g/mol. The van der Waals surface area contributed by atoms with Crippen molar-refractivity contribution in [3.05, 3.63) is 42.2 Å². The summed E-state index contributed by atoms with van der Waals surface area (Å²) in [4.78, 5) is 18.5. The number of rotatable bonds is 3. The van der Waals surface area contributed by atoms with Gasteiger partial charge in [-0.15, -0.1) is 0 Å². The van der Waals surface area contributed by atoms with Crippen molar-refractivity contribution in [3.8, 4) is 0 Å². The molecule has 0 aliphatic rings. The van der Waals surface area contributed by atoms with Gasteiger partial charge in [-0.05, 0) is 12.1 Å². The van der Waals surface area contributed by atoms with Crippen molar-refractivity contribution in [1.29, 1.82) is 0 Å². The Morgan fingerprint density at radius 1 is 1.47 bits per heavy atom. The van der Waals surface area contributed by atoms with Crippen LogP contribution in [0.3, 0.4) is 0 Å². The van der Waals surface area contributed by atoms with Gasteiger partial charge in [-0.25, -0.2) is 14.8 Å². The Labute approximate surface area is 85.2 Å². The van der Waals surface area contributed by atoms with Crippen LogP contribution in [0.5, 0.6) is 0 Å². The third-order valence-corrected chi connectivity index (χ3v) is 1.79. The van der Waals surface area contributed by atoms with Crippen LogP contribution in [0.2, 0.25) is 0 Å². The lowest BCUT2D eigenvalue weighted by molar-refractivity contribution is 0.0690. The Bertz CT molecular complexity index is 467. The molecule has 0 aliphatic carbocycles. The maximum Gasteiger partial charge on any atom is 0.354 e. The highest BCUT2D eigenvalue weighted by atomic mass is 16.4. The molecule has 0 radical (unpaired) electrons. The van der Waals surface area contributed by atoms with Crippen LogP contribution in [0.4, 0.5) is 0 Å². The van der Waals surface area contributed by atoms with E-state index in [1.54, 1.807) is 23.1 Å². The predicted octanol–water partition coefficient (Wildman–Crippen LogP) is 0.420. The average Bonchev–Trinajstić information content (AvgIpc) is 2.71. The van der Waals surface area contributed by atoms with Gasteiger partial charge in [0.15, 0.2) is 11.5 Å². The van der Waals surface area contributed by atoms with E-state index in [2.05, 4.69) is 15.1 Å². The van der Waals surface area contributed by atoms with Crippen molar-refractivity contribution >= 4 is 5.97 Å². The van der Waals surface area contributed by atoms with Gasteiger partial charge in [-0.3, -0.25) is 4.68 Å². The summed E-state index contributed by atoms with van der Waals surface area (Å²) < 4.78 is 1.63. The quantitative estimate of drug-likeness (QED) is 0.783. The van der Waals surface area contributed by atoms with E-state index < -0.39 is 5.97 Å². The van der Waals surface area contributed by atoms with Gasteiger partial charge >= 0.3 is 5.97 Å². The van der Waals surface area contributed by atoms with E-state index in [1.807, 2.05) is 0 Å². The third-order valence-electron chi connectivity index (χ3n) is 1.79. The van der Waals surface area contributed by atoms with Gasteiger partial charge in [0.2, 0.25) is 0 Å². The van der Waals surface area contributed by atoms with Crippen LogP contribution in [-0.2, 0) is 6.54 Å². The SMILES string of the molecule is O=C(O)c1ccnc(Cn2cccn2)n1. The maximum atomic E-state index is 10.6. The molecule has 0 bridgehead atoms. The Hall–Kier alpha value is -2.24. The van der Waals surface area contributed by atoms with Crippen molar-refractivity contribution in [2.75, 3.05) is 0 Å². The highest BCUT2D eigenvalue weighted by molar-refractivity contribution is 5.85. The zero-order valence-electron chi connectivity index (χ0n) is 7.74. The monoisotopic (exact) mass is 204 g/mol. The van der Waals surface area contributed by atoms with Crippen molar-refractivity contribution < 1.29 is 9.90 Å². The number of hydrogen-bond acceptors (Lipinski definition) is 4. The van der Waals surface area contributed by atoms with Gasteiger partial charge in [-0.1, -0.05) is 0 Å². The first-order chi connectivity index (χ1) is 7.25. The lowest BCUT2D eigenvalue weighted by atomic mass is 10.4. The number of aromatic nitrogens is 4. The van der Waals surface area contributed by atoms with Crippen LogP contribution < -0.4 is 0 Å². The van der Waals surface area contributed by atoms with Gasteiger partial charge in [0, 0.05) is 18.6 Å². The molecular formula is C9H8N4O2. The van der Waals surface area contributed by atoms with Gasteiger partial charge < -0.3 is 5.11 Å². The molecule has 0 amide bonds. The summed E-state index contributed by atoms with van der Waals surface area (Å²) in [5.41, 5.74) is -0.00726. The second-order valence-corrected chi connectivity index (χ2v) is 2.87. The van der Waals surface area contributed by atoms with Crippen LogP contribution in [0.15, 0.2) is 30.7 Å². The van der Waals surface area contributed by atoms with E-state index in [0.29, 0.717) is 12.4 Å². The smallest absolute Gasteiger partial charge is 0.354 e. The summed E-state index contributed by atoms with van der Waals surface area (Å²) in [5, 5.41) is 12.7. The summed E-state index contributed by atoms with van der Waals surface area (Å²) in [5.74, 6) is -0.627. The Balaban J connectivity index is 2.22. The summed E-state index contributed by atoms with van der Waals surface area (Å²) in [6, 6.07) is 3.13. The normalized spacial score (nSPS) is 10.1. The number of hydrogen-bond donors (Lipinski definition) is 1. The molecule has 6 nitrogen and oxygen atoms in total. The molecule has 15 heavy (non-hydrogen) atoms. The number of carboxylic acid groups (broad SMARTS) is 1. The number of aromatic carboxylic acids is 1. The van der Waals surface area contributed by atoms with Crippen LogP contribution >= 0.6 is 0 Å². The van der Waals surface area contributed by atoms with E-state index in [9.17, 15) is 4.79 Å². The van der Waals surface area contributed by atoms with Crippen molar-refractivity contribution in [1.82, 2.24) is 19.7 Å².